The Morgan fingerprint density at radius 3 is 2.54 bits per heavy atom. The zero-order chi connectivity index (χ0) is 18.5. The molecule has 1 heterocycles. The number of aryl methyl sites for hydroxylation is 1. The van der Waals surface area contributed by atoms with Gasteiger partial charge in [0.15, 0.2) is 11.6 Å². The molecule has 0 saturated heterocycles. The minimum Gasteiger partial charge on any atom is -0.497 e. The first-order valence-corrected chi connectivity index (χ1v) is 8.07. The Morgan fingerprint density at radius 2 is 1.85 bits per heavy atom. The van der Waals surface area contributed by atoms with Gasteiger partial charge in [-0.3, -0.25) is 0 Å². The highest BCUT2D eigenvalue weighted by atomic mass is 19.1. The van der Waals surface area contributed by atoms with Gasteiger partial charge in [0.1, 0.15) is 17.3 Å². The molecule has 6 heteroatoms. The maximum absolute atomic E-state index is 12.9. The second-order valence-corrected chi connectivity index (χ2v) is 5.66. The van der Waals surface area contributed by atoms with Crippen molar-refractivity contribution in [2.45, 2.75) is 12.8 Å². The zero-order valence-corrected chi connectivity index (χ0v) is 14.5. The van der Waals surface area contributed by atoms with E-state index < -0.39 is 5.97 Å². The van der Waals surface area contributed by atoms with Gasteiger partial charge in [-0.15, -0.1) is 0 Å². The standard InChI is InChI=1S/C20H18FNO4/c1-24-16-8-9-18(25-2)14(11-16)12-17-20(23)26-19(22-17)10-5-13-3-6-15(21)7-4-13/h3-4,6-9,11-12H,5,10H2,1-2H3/b17-12-. The molecule has 0 N–H and O–H groups in total. The maximum atomic E-state index is 12.9. The first-order chi connectivity index (χ1) is 12.6. The van der Waals surface area contributed by atoms with Crippen molar-refractivity contribution >= 4 is 17.9 Å². The number of hydrogen-bond donors (Lipinski definition) is 0. The summed E-state index contributed by atoms with van der Waals surface area (Å²) in [5, 5.41) is 0. The molecule has 1 aliphatic rings. The molecule has 3 rings (SSSR count). The van der Waals surface area contributed by atoms with E-state index in [0.29, 0.717) is 35.8 Å². The van der Waals surface area contributed by atoms with Gasteiger partial charge in [0.05, 0.1) is 14.2 Å². The van der Waals surface area contributed by atoms with Crippen LogP contribution in [0.5, 0.6) is 11.5 Å². The van der Waals surface area contributed by atoms with E-state index in [1.54, 1.807) is 50.6 Å². The molecule has 2 aromatic carbocycles. The summed E-state index contributed by atoms with van der Waals surface area (Å²) in [6.45, 7) is 0. The number of rotatable bonds is 6. The number of esters is 1. The van der Waals surface area contributed by atoms with Crippen LogP contribution in [-0.2, 0) is 16.0 Å². The average molecular weight is 355 g/mol. The predicted octanol–water partition coefficient (Wildman–Crippen LogP) is 3.77. The normalized spacial score (nSPS) is 15.0. The van der Waals surface area contributed by atoms with Gasteiger partial charge >= 0.3 is 5.97 Å². The van der Waals surface area contributed by atoms with E-state index in [1.807, 2.05) is 0 Å². The van der Waals surface area contributed by atoms with Gasteiger partial charge in [-0.2, -0.15) is 0 Å². The Bertz CT molecular complexity index is 872. The van der Waals surface area contributed by atoms with Gasteiger partial charge in [-0.25, -0.2) is 14.2 Å². The van der Waals surface area contributed by atoms with Crippen molar-refractivity contribution in [2.75, 3.05) is 14.2 Å². The average Bonchev–Trinajstić information content (AvgIpc) is 3.00. The summed E-state index contributed by atoms with van der Waals surface area (Å²) in [7, 11) is 3.11. The number of hydrogen-bond acceptors (Lipinski definition) is 5. The van der Waals surface area contributed by atoms with Crippen LogP contribution in [0.2, 0.25) is 0 Å². The van der Waals surface area contributed by atoms with Crippen LogP contribution in [0.1, 0.15) is 17.5 Å². The van der Waals surface area contributed by atoms with Crippen molar-refractivity contribution in [3.8, 4) is 11.5 Å². The number of benzene rings is 2. The van der Waals surface area contributed by atoms with Crippen molar-refractivity contribution in [1.82, 2.24) is 0 Å². The van der Waals surface area contributed by atoms with Crippen LogP contribution in [0, 0.1) is 5.82 Å². The minimum absolute atomic E-state index is 0.200. The number of nitrogens with zero attached hydrogens (tertiary/aromatic N) is 1. The van der Waals surface area contributed by atoms with E-state index in [1.165, 1.54) is 12.1 Å². The van der Waals surface area contributed by atoms with Crippen LogP contribution in [-0.4, -0.2) is 26.1 Å². The number of cyclic esters (lactones) is 1. The van der Waals surface area contributed by atoms with E-state index >= 15 is 0 Å². The fraction of sp³-hybridized carbons (Fsp3) is 0.200. The lowest BCUT2D eigenvalue weighted by Gasteiger charge is -2.07. The highest BCUT2D eigenvalue weighted by molar-refractivity contribution is 6.07. The molecule has 2 aromatic rings. The smallest absolute Gasteiger partial charge is 0.363 e. The lowest BCUT2D eigenvalue weighted by atomic mass is 10.1. The summed E-state index contributed by atoms with van der Waals surface area (Å²) in [5.41, 5.74) is 1.81. The van der Waals surface area contributed by atoms with Crippen LogP contribution in [0.3, 0.4) is 0 Å². The maximum Gasteiger partial charge on any atom is 0.363 e. The highest BCUT2D eigenvalue weighted by Crippen LogP contribution is 2.28. The molecule has 0 spiro atoms. The first-order valence-electron chi connectivity index (χ1n) is 8.07. The van der Waals surface area contributed by atoms with E-state index in [-0.39, 0.29) is 11.5 Å². The molecular weight excluding hydrogens is 337 g/mol. The van der Waals surface area contributed by atoms with Crippen molar-refractivity contribution < 1.29 is 23.4 Å². The zero-order valence-electron chi connectivity index (χ0n) is 14.5. The Morgan fingerprint density at radius 1 is 1.08 bits per heavy atom. The summed E-state index contributed by atoms with van der Waals surface area (Å²) in [4.78, 5) is 16.3. The fourth-order valence-corrected chi connectivity index (χ4v) is 2.56. The Balaban J connectivity index is 1.77. The van der Waals surface area contributed by atoms with Crippen molar-refractivity contribution in [3.63, 3.8) is 0 Å². The third-order valence-corrected chi connectivity index (χ3v) is 3.93. The van der Waals surface area contributed by atoms with Crippen molar-refractivity contribution in [2.24, 2.45) is 4.99 Å². The molecule has 0 radical (unpaired) electrons. The third-order valence-electron chi connectivity index (χ3n) is 3.93. The minimum atomic E-state index is -0.510. The number of ether oxygens (including phenoxy) is 3. The molecule has 5 nitrogen and oxygen atoms in total. The molecule has 0 unspecified atom stereocenters. The summed E-state index contributed by atoms with van der Waals surface area (Å²) >= 11 is 0. The lowest BCUT2D eigenvalue weighted by molar-refractivity contribution is -0.130. The molecule has 0 aliphatic carbocycles. The topological polar surface area (TPSA) is 57.1 Å². The van der Waals surface area contributed by atoms with Gasteiger partial charge in [0.2, 0.25) is 0 Å². The summed E-state index contributed by atoms with van der Waals surface area (Å²) < 4.78 is 28.7. The van der Waals surface area contributed by atoms with E-state index in [2.05, 4.69) is 4.99 Å². The summed E-state index contributed by atoms with van der Waals surface area (Å²) in [5.74, 6) is 0.790. The van der Waals surface area contributed by atoms with Crippen LogP contribution in [0.25, 0.3) is 6.08 Å². The van der Waals surface area contributed by atoms with Gasteiger partial charge in [-0.05, 0) is 48.4 Å². The van der Waals surface area contributed by atoms with Gasteiger partial charge in [0.25, 0.3) is 0 Å². The molecular formula is C20H18FNO4. The van der Waals surface area contributed by atoms with E-state index in [9.17, 15) is 9.18 Å². The molecule has 134 valence electrons. The second kappa shape index (κ2) is 7.82. The highest BCUT2D eigenvalue weighted by Gasteiger charge is 2.23. The molecule has 0 bridgehead atoms. The van der Waals surface area contributed by atoms with Crippen LogP contribution >= 0.6 is 0 Å². The van der Waals surface area contributed by atoms with Gasteiger partial charge < -0.3 is 14.2 Å². The number of aliphatic imine (C=N–C) groups is 1. The summed E-state index contributed by atoms with van der Waals surface area (Å²) in [6, 6.07) is 11.5. The number of carbonyl (C=O) groups is 1. The monoisotopic (exact) mass is 355 g/mol. The van der Waals surface area contributed by atoms with Gasteiger partial charge in [0, 0.05) is 12.0 Å². The Hall–Kier alpha value is -3.15. The number of carbonyl (C=O) groups excluding carboxylic acids is 1. The third kappa shape index (κ3) is 4.08. The molecule has 0 saturated carbocycles. The fourth-order valence-electron chi connectivity index (χ4n) is 2.56. The lowest BCUT2D eigenvalue weighted by Crippen LogP contribution is -2.05. The molecule has 0 atom stereocenters. The molecule has 0 aromatic heterocycles. The number of halogens is 1. The van der Waals surface area contributed by atoms with E-state index in [4.69, 9.17) is 14.2 Å². The first kappa shape index (κ1) is 17.7. The van der Waals surface area contributed by atoms with Crippen LogP contribution in [0.15, 0.2) is 53.2 Å². The SMILES string of the molecule is COc1ccc(OC)c(/C=C2\N=C(CCc3ccc(F)cc3)OC2=O)c1. The largest absolute Gasteiger partial charge is 0.497 e. The van der Waals surface area contributed by atoms with Crippen molar-refractivity contribution in [3.05, 3.63) is 65.1 Å². The quantitative estimate of drug-likeness (QED) is 0.585. The Kier molecular flexibility index (Phi) is 5.31. The predicted molar refractivity (Wildman–Crippen MR) is 95.8 cm³/mol. The second-order valence-electron chi connectivity index (χ2n) is 5.66. The van der Waals surface area contributed by atoms with Crippen LogP contribution < -0.4 is 9.47 Å². The molecule has 0 amide bonds. The van der Waals surface area contributed by atoms with E-state index in [0.717, 1.165) is 5.56 Å². The number of methoxy groups -OCH3 is 2. The molecule has 0 fully saturated rings. The van der Waals surface area contributed by atoms with Gasteiger partial charge in [-0.1, -0.05) is 12.1 Å². The molecule has 26 heavy (non-hydrogen) atoms. The van der Waals surface area contributed by atoms with Crippen molar-refractivity contribution in [1.29, 1.82) is 0 Å². The van der Waals surface area contributed by atoms with Crippen LogP contribution in [0.4, 0.5) is 4.39 Å². The summed E-state index contributed by atoms with van der Waals surface area (Å²) in [6.07, 6.45) is 2.65. The molecule has 1 aliphatic heterocycles. The Labute approximate surface area is 150 Å².